The number of fused-ring (bicyclic) bond motifs is 1. The second-order valence-electron chi connectivity index (χ2n) is 7.67. The maximum Gasteiger partial charge on any atom is 0.410 e. The third-order valence-corrected chi connectivity index (χ3v) is 4.23. The molecule has 1 amide bonds. The molecule has 0 bridgehead atoms. The minimum Gasteiger partial charge on any atom is -0.491 e. The number of benzene rings is 1. The first-order chi connectivity index (χ1) is 11.8. The van der Waals surface area contributed by atoms with E-state index in [2.05, 4.69) is 11.1 Å². The molecule has 0 aliphatic carbocycles. The zero-order chi connectivity index (χ0) is 18.0. The zero-order valence-electron chi connectivity index (χ0n) is 15.4. The summed E-state index contributed by atoms with van der Waals surface area (Å²) in [5, 5.41) is 1.07. The third kappa shape index (κ3) is 4.41. The van der Waals surface area contributed by atoms with Crippen molar-refractivity contribution in [1.82, 2.24) is 9.88 Å². The van der Waals surface area contributed by atoms with Crippen molar-refractivity contribution in [3.63, 3.8) is 0 Å². The standard InChI is InChI=1S/C20H26N2O3/c1-14-8-9-16-6-5-7-17(18(16)21-14)24-13-15-10-11-22(12-15)19(23)25-20(2,3)4/h5-9,15H,10-13H2,1-4H3/t15-/m1/s1. The summed E-state index contributed by atoms with van der Waals surface area (Å²) in [6, 6.07) is 10.0. The summed E-state index contributed by atoms with van der Waals surface area (Å²) in [6.07, 6.45) is 0.689. The van der Waals surface area contributed by atoms with Gasteiger partial charge in [0.05, 0.1) is 6.61 Å². The van der Waals surface area contributed by atoms with Crippen molar-refractivity contribution in [2.45, 2.75) is 39.7 Å². The number of aromatic nitrogens is 1. The smallest absolute Gasteiger partial charge is 0.410 e. The van der Waals surface area contributed by atoms with Gasteiger partial charge in [-0.2, -0.15) is 0 Å². The molecule has 3 rings (SSSR count). The topological polar surface area (TPSA) is 51.7 Å². The Balaban J connectivity index is 1.60. The molecule has 2 heterocycles. The van der Waals surface area contributed by atoms with Gasteiger partial charge in [-0.05, 0) is 46.2 Å². The molecule has 0 saturated carbocycles. The fourth-order valence-electron chi connectivity index (χ4n) is 3.00. The number of para-hydroxylation sites is 1. The second-order valence-corrected chi connectivity index (χ2v) is 7.67. The molecule has 0 spiro atoms. The molecule has 5 heteroatoms. The summed E-state index contributed by atoms with van der Waals surface area (Å²) in [6.45, 7) is 9.60. The fraction of sp³-hybridized carbons (Fsp3) is 0.500. The first kappa shape index (κ1) is 17.5. The lowest BCUT2D eigenvalue weighted by atomic mass is 10.1. The molecule has 25 heavy (non-hydrogen) atoms. The summed E-state index contributed by atoms with van der Waals surface area (Å²) in [5.41, 5.74) is 1.41. The van der Waals surface area contributed by atoms with Gasteiger partial charge in [-0.25, -0.2) is 9.78 Å². The van der Waals surface area contributed by atoms with Crippen LogP contribution in [-0.2, 0) is 4.74 Å². The lowest BCUT2D eigenvalue weighted by molar-refractivity contribution is 0.0285. The number of likely N-dealkylation sites (tertiary alicyclic amines) is 1. The van der Waals surface area contributed by atoms with Crippen molar-refractivity contribution in [2.24, 2.45) is 5.92 Å². The van der Waals surface area contributed by atoms with Crippen molar-refractivity contribution in [1.29, 1.82) is 0 Å². The summed E-state index contributed by atoms with van der Waals surface area (Å²) in [7, 11) is 0. The highest BCUT2D eigenvalue weighted by Gasteiger charge is 2.30. The van der Waals surface area contributed by atoms with Crippen molar-refractivity contribution in [3.05, 3.63) is 36.0 Å². The number of hydrogen-bond acceptors (Lipinski definition) is 4. The highest BCUT2D eigenvalue weighted by Crippen LogP contribution is 2.26. The van der Waals surface area contributed by atoms with Gasteiger partial charge in [0.25, 0.3) is 0 Å². The van der Waals surface area contributed by atoms with Gasteiger partial charge < -0.3 is 14.4 Å². The van der Waals surface area contributed by atoms with E-state index in [4.69, 9.17) is 9.47 Å². The van der Waals surface area contributed by atoms with E-state index in [1.54, 1.807) is 4.90 Å². The molecule has 134 valence electrons. The van der Waals surface area contributed by atoms with Crippen molar-refractivity contribution in [3.8, 4) is 5.75 Å². The number of aryl methyl sites for hydroxylation is 1. The molecular weight excluding hydrogens is 316 g/mol. The van der Waals surface area contributed by atoms with E-state index in [-0.39, 0.29) is 6.09 Å². The van der Waals surface area contributed by atoms with Gasteiger partial charge in [0.1, 0.15) is 16.9 Å². The van der Waals surface area contributed by atoms with Crippen LogP contribution in [0.1, 0.15) is 32.9 Å². The van der Waals surface area contributed by atoms with Crippen molar-refractivity contribution >= 4 is 17.0 Å². The van der Waals surface area contributed by atoms with Crippen molar-refractivity contribution < 1.29 is 14.3 Å². The van der Waals surface area contributed by atoms with Gasteiger partial charge in [0.15, 0.2) is 0 Å². The van der Waals surface area contributed by atoms with E-state index in [9.17, 15) is 4.79 Å². The molecule has 1 aromatic heterocycles. The molecule has 5 nitrogen and oxygen atoms in total. The monoisotopic (exact) mass is 342 g/mol. The van der Waals surface area contributed by atoms with Crippen LogP contribution >= 0.6 is 0 Å². The maximum absolute atomic E-state index is 12.1. The summed E-state index contributed by atoms with van der Waals surface area (Å²) >= 11 is 0. The number of ether oxygens (including phenoxy) is 2. The molecule has 1 aliphatic heterocycles. The Kier molecular flexibility index (Phi) is 4.84. The van der Waals surface area contributed by atoms with Crippen LogP contribution in [0.4, 0.5) is 4.79 Å². The number of nitrogens with zero attached hydrogens (tertiary/aromatic N) is 2. The molecule has 1 aliphatic rings. The van der Waals surface area contributed by atoms with E-state index >= 15 is 0 Å². The normalized spacial score (nSPS) is 17.8. The van der Waals surface area contributed by atoms with Gasteiger partial charge in [-0.1, -0.05) is 18.2 Å². The molecule has 2 aromatic rings. The Morgan fingerprint density at radius 3 is 2.84 bits per heavy atom. The number of rotatable bonds is 3. The average Bonchev–Trinajstić information content (AvgIpc) is 3.00. The Morgan fingerprint density at radius 2 is 2.08 bits per heavy atom. The molecule has 0 N–H and O–H groups in total. The Hall–Kier alpha value is -2.30. The average molecular weight is 342 g/mol. The number of carbonyl (C=O) groups is 1. The van der Waals surface area contributed by atoms with E-state index in [0.717, 1.165) is 35.3 Å². The van der Waals surface area contributed by atoms with Crippen LogP contribution in [0, 0.1) is 12.8 Å². The SMILES string of the molecule is Cc1ccc2cccc(OC[C@@H]3CCN(C(=O)OC(C)(C)C)C3)c2n1. The summed E-state index contributed by atoms with van der Waals surface area (Å²) in [4.78, 5) is 18.5. The highest BCUT2D eigenvalue weighted by molar-refractivity contribution is 5.84. The third-order valence-electron chi connectivity index (χ3n) is 4.23. The Bertz CT molecular complexity index is 767. The maximum atomic E-state index is 12.1. The van der Waals surface area contributed by atoms with Crippen molar-refractivity contribution in [2.75, 3.05) is 19.7 Å². The molecule has 1 atom stereocenters. The van der Waals surface area contributed by atoms with E-state index in [0.29, 0.717) is 19.1 Å². The number of hydrogen-bond donors (Lipinski definition) is 0. The first-order valence-corrected chi connectivity index (χ1v) is 8.79. The van der Waals surface area contributed by atoms with E-state index < -0.39 is 5.60 Å². The molecular formula is C20H26N2O3. The zero-order valence-corrected chi connectivity index (χ0v) is 15.4. The number of pyridine rings is 1. The van der Waals surface area contributed by atoms with Gasteiger partial charge in [-0.15, -0.1) is 0 Å². The minimum absolute atomic E-state index is 0.238. The van der Waals surface area contributed by atoms with Crippen LogP contribution in [0.3, 0.4) is 0 Å². The van der Waals surface area contributed by atoms with Gasteiger partial charge >= 0.3 is 6.09 Å². The lowest BCUT2D eigenvalue weighted by Crippen LogP contribution is -2.35. The predicted octanol–water partition coefficient (Wildman–Crippen LogP) is 4.18. The quantitative estimate of drug-likeness (QED) is 0.840. The van der Waals surface area contributed by atoms with Gasteiger partial charge in [0.2, 0.25) is 0 Å². The largest absolute Gasteiger partial charge is 0.491 e. The number of carbonyl (C=O) groups excluding carboxylic acids is 1. The van der Waals surface area contributed by atoms with Gasteiger partial charge in [0, 0.05) is 30.1 Å². The van der Waals surface area contributed by atoms with Gasteiger partial charge in [-0.3, -0.25) is 0 Å². The highest BCUT2D eigenvalue weighted by atomic mass is 16.6. The predicted molar refractivity (Wildman–Crippen MR) is 97.9 cm³/mol. The van der Waals surface area contributed by atoms with Crippen LogP contribution in [-0.4, -0.2) is 41.3 Å². The summed E-state index contributed by atoms with van der Waals surface area (Å²) in [5.74, 6) is 1.12. The lowest BCUT2D eigenvalue weighted by Gasteiger charge is -2.24. The minimum atomic E-state index is -0.460. The van der Waals surface area contributed by atoms with Crippen LogP contribution in [0.5, 0.6) is 5.75 Å². The molecule has 1 aromatic carbocycles. The van der Waals surface area contributed by atoms with Crippen LogP contribution in [0.25, 0.3) is 10.9 Å². The van der Waals surface area contributed by atoms with Crippen LogP contribution in [0.15, 0.2) is 30.3 Å². The first-order valence-electron chi connectivity index (χ1n) is 8.79. The van der Waals surface area contributed by atoms with E-state index in [1.807, 2.05) is 52.0 Å². The number of amides is 1. The molecule has 0 radical (unpaired) electrons. The van der Waals surface area contributed by atoms with Crippen LogP contribution < -0.4 is 4.74 Å². The summed E-state index contributed by atoms with van der Waals surface area (Å²) < 4.78 is 11.5. The Morgan fingerprint density at radius 1 is 1.28 bits per heavy atom. The fourth-order valence-corrected chi connectivity index (χ4v) is 3.00. The molecule has 0 unspecified atom stereocenters. The Labute approximate surface area is 148 Å². The molecule has 1 fully saturated rings. The van der Waals surface area contributed by atoms with Crippen LogP contribution in [0.2, 0.25) is 0 Å². The second kappa shape index (κ2) is 6.90. The molecule has 1 saturated heterocycles. The van der Waals surface area contributed by atoms with E-state index in [1.165, 1.54) is 0 Å².